The summed E-state index contributed by atoms with van der Waals surface area (Å²) in [6.45, 7) is 0.791. The van der Waals surface area contributed by atoms with E-state index in [-0.39, 0.29) is 5.91 Å². The molecule has 0 spiro atoms. The van der Waals surface area contributed by atoms with E-state index in [0.29, 0.717) is 16.5 Å². The topological polar surface area (TPSA) is 29.1 Å². The molecular weight excluding hydrogens is 302 g/mol. The molecule has 1 fully saturated rings. The van der Waals surface area contributed by atoms with Crippen molar-refractivity contribution >= 4 is 33.4 Å². The Kier molecular flexibility index (Phi) is 4.46. The van der Waals surface area contributed by atoms with Gasteiger partial charge in [0.25, 0.3) is 5.91 Å². The second-order valence-corrected chi connectivity index (χ2v) is 5.75. The van der Waals surface area contributed by atoms with E-state index in [4.69, 9.17) is 11.6 Å². The number of carbonyl (C=O) groups excluding carboxylic acids is 1. The molecule has 1 aliphatic rings. The molecule has 0 heterocycles. The first-order chi connectivity index (χ1) is 8.16. The molecule has 0 radical (unpaired) electrons. The van der Waals surface area contributed by atoms with Crippen LogP contribution in [0.25, 0.3) is 0 Å². The van der Waals surface area contributed by atoms with Crippen molar-refractivity contribution in [1.82, 2.24) is 5.32 Å². The minimum absolute atomic E-state index is 0.0192. The van der Waals surface area contributed by atoms with Gasteiger partial charge in [0, 0.05) is 16.6 Å². The van der Waals surface area contributed by atoms with E-state index in [2.05, 4.69) is 21.2 Å². The highest BCUT2D eigenvalue weighted by Crippen LogP contribution is 2.25. The Morgan fingerprint density at radius 3 is 2.76 bits per heavy atom. The number of rotatable bonds is 3. The van der Waals surface area contributed by atoms with Gasteiger partial charge in [-0.2, -0.15) is 0 Å². The predicted octanol–water partition coefficient (Wildman–Crippen LogP) is 4.02. The van der Waals surface area contributed by atoms with Gasteiger partial charge in [-0.3, -0.25) is 4.79 Å². The Hall–Kier alpha value is -0.540. The normalized spacial score (nSPS) is 16.1. The fourth-order valence-corrected chi connectivity index (χ4v) is 2.69. The average Bonchev–Trinajstić information content (AvgIpc) is 2.82. The highest BCUT2D eigenvalue weighted by molar-refractivity contribution is 9.10. The third-order valence-electron chi connectivity index (χ3n) is 3.21. The molecule has 0 atom stereocenters. The van der Waals surface area contributed by atoms with Crippen LogP contribution >= 0.6 is 27.5 Å². The largest absolute Gasteiger partial charge is 0.352 e. The maximum Gasteiger partial charge on any atom is 0.251 e. The average molecular weight is 317 g/mol. The van der Waals surface area contributed by atoms with Crippen LogP contribution in [-0.4, -0.2) is 12.5 Å². The molecule has 1 N–H and O–H groups in total. The van der Waals surface area contributed by atoms with Crippen molar-refractivity contribution in [3.63, 3.8) is 0 Å². The van der Waals surface area contributed by atoms with Crippen molar-refractivity contribution in [3.05, 3.63) is 33.3 Å². The minimum Gasteiger partial charge on any atom is -0.352 e. The van der Waals surface area contributed by atoms with Crippen LogP contribution in [0.2, 0.25) is 5.02 Å². The Bertz CT molecular complexity index is 416. The Morgan fingerprint density at radius 1 is 1.41 bits per heavy atom. The van der Waals surface area contributed by atoms with Gasteiger partial charge in [0.15, 0.2) is 0 Å². The molecular formula is C13H15BrClNO. The number of benzene rings is 1. The summed E-state index contributed by atoms with van der Waals surface area (Å²) < 4.78 is 0.757. The molecule has 92 valence electrons. The van der Waals surface area contributed by atoms with Crippen LogP contribution in [0, 0.1) is 5.92 Å². The maximum atomic E-state index is 11.9. The van der Waals surface area contributed by atoms with Gasteiger partial charge < -0.3 is 5.32 Å². The van der Waals surface area contributed by atoms with Gasteiger partial charge in [0.05, 0.1) is 5.02 Å². The van der Waals surface area contributed by atoms with Crippen LogP contribution < -0.4 is 5.32 Å². The molecule has 0 saturated heterocycles. The van der Waals surface area contributed by atoms with E-state index < -0.39 is 0 Å². The first-order valence-electron chi connectivity index (χ1n) is 5.90. The van der Waals surface area contributed by atoms with E-state index in [9.17, 15) is 4.79 Å². The predicted molar refractivity (Wildman–Crippen MR) is 73.4 cm³/mol. The van der Waals surface area contributed by atoms with E-state index >= 15 is 0 Å². The fourth-order valence-electron chi connectivity index (χ4n) is 2.19. The van der Waals surface area contributed by atoms with E-state index in [1.54, 1.807) is 18.2 Å². The summed E-state index contributed by atoms with van der Waals surface area (Å²) in [4.78, 5) is 11.9. The van der Waals surface area contributed by atoms with Gasteiger partial charge in [-0.25, -0.2) is 0 Å². The quantitative estimate of drug-likeness (QED) is 0.896. The SMILES string of the molecule is O=C(NCC1CCCC1)c1ccc(Cl)c(Br)c1. The van der Waals surface area contributed by atoms with Crippen LogP contribution in [0.15, 0.2) is 22.7 Å². The molecule has 0 aliphatic heterocycles. The number of halogens is 2. The summed E-state index contributed by atoms with van der Waals surface area (Å²) in [5.74, 6) is 0.643. The molecule has 1 aliphatic carbocycles. The zero-order valence-electron chi connectivity index (χ0n) is 9.51. The fraction of sp³-hybridized carbons (Fsp3) is 0.462. The van der Waals surface area contributed by atoms with Crippen LogP contribution in [0.5, 0.6) is 0 Å². The van der Waals surface area contributed by atoms with Crippen LogP contribution in [-0.2, 0) is 0 Å². The van der Waals surface area contributed by atoms with Crippen molar-refractivity contribution in [1.29, 1.82) is 0 Å². The highest BCUT2D eigenvalue weighted by atomic mass is 79.9. The lowest BCUT2D eigenvalue weighted by atomic mass is 10.1. The lowest BCUT2D eigenvalue weighted by Gasteiger charge is -2.10. The van der Waals surface area contributed by atoms with Crippen molar-refractivity contribution in [2.45, 2.75) is 25.7 Å². The summed E-state index contributed by atoms with van der Waals surface area (Å²) in [6, 6.07) is 5.24. The molecule has 1 saturated carbocycles. The zero-order valence-corrected chi connectivity index (χ0v) is 11.9. The molecule has 1 aromatic carbocycles. The summed E-state index contributed by atoms with van der Waals surface area (Å²) in [7, 11) is 0. The summed E-state index contributed by atoms with van der Waals surface area (Å²) in [6.07, 6.45) is 5.08. The van der Waals surface area contributed by atoms with Crippen molar-refractivity contribution in [2.24, 2.45) is 5.92 Å². The summed E-state index contributed by atoms with van der Waals surface area (Å²) in [5, 5.41) is 3.61. The van der Waals surface area contributed by atoms with E-state index in [0.717, 1.165) is 11.0 Å². The first kappa shape index (κ1) is 12.9. The standard InChI is InChI=1S/C13H15BrClNO/c14-11-7-10(5-6-12(11)15)13(17)16-8-9-3-1-2-4-9/h5-7,9H,1-4,8H2,(H,16,17). The molecule has 2 rings (SSSR count). The van der Waals surface area contributed by atoms with Gasteiger partial charge >= 0.3 is 0 Å². The number of amides is 1. The van der Waals surface area contributed by atoms with Gasteiger partial charge in [0.1, 0.15) is 0 Å². The highest BCUT2D eigenvalue weighted by Gasteiger charge is 2.16. The van der Waals surface area contributed by atoms with Gasteiger partial charge in [0.2, 0.25) is 0 Å². The Balaban J connectivity index is 1.92. The van der Waals surface area contributed by atoms with Gasteiger partial charge in [-0.1, -0.05) is 24.4 Å². The smallest absolute Gasteiger partial charge is 0.251 e. The number of carbonyl (C=O) groups is 1. The lowest BCUT2D eigenvalue weighted by Crippen LogP contribution is -2.28. The second kappa shape index (κ2) is 5.87. The number of hydrogen-bond acceptors (Lipinski definition) is 1. The van der Waals surface area contributed by atoms with Gasteiger partial charge in [-0.05, 0) is 52.9 Å². The Morgan fingerprint density at radius 2 is 2.12 bits per heavy atom. The van der Waals surface area contributed by atoms with E-state index in [1.807, 2.05) is 0 Å². The van der Waals surface area contributed by atoms with Crippen molar-refractivity contribution < 1.29 is 4.79 Å². The molecule has 0 unspecified atom stereocenters. The third-order valence-corrected chi connectivity index (χ3v) is 4.42. The molecule has 0 bridgehead atoms. The molecule has 1 aromatic rings. The lowest BCUT2D eigenvalue weighted by molar-refractivity contribution is 0.0947. The molecule has 0 aromatic heterocycles. The Labute approximate surface area is 115 Å². The summed E-state index contributed by atoms with van der Waals surface area (Å²) in [5.41, 5.74) is 0.652. The summed E-state index contributed by atoms with van der Waals surface area (Å²) >= 11 is 9.21. The number of nitrogens with one attached hydrogen (secondary N) is 1. The molecule has 2 nitrogen and oxygen atoms in total. The third kappa shape index (κ3) is 3.46. The maximum absolute atomic E-state index is 11.9. The monoisotopic (exact) mass is 315 g/mol. The van der Waals surface area contributed by atoms with Crippen LogP contribution in [0.3, 0.4) is 0 Å². The molecule has 17 heavy (non-hydrogen) atoms. The van der Waals surface area contributed by atoms with Gasteiger partial charge in [-0.15, -0.1) is 0 Å². The van der Waals surface area contributed by atoms with Crippen LogP contribution in [0.1, 0.15) is 36.0 Å². The van der Waals surface area contributed by atoms with E-state index in [1.165, 1.54) is 25.7 Å². The zero-order chi connectivity index (χ0) is 12.3. The molecule has 1 amide bonds. The van der Waals surface area contributed by atoms with Crippen molar-refractivity contribution in [2.75, 3.05) is 6.54 Å². The van der Waals surface area contributed by atoms with Crippen LogP contribution in [0.4, 0.5) is 0 Å². The number of hydrogen-bond donors (Lipinski definition) is 1. The molecule has 4 heteroatoms. The van der Waals surface area contributed by atoms with Crippen molar-refractivity contribution in [3.8, 4) is 0 Å². The minimum atomic E-state index is -0.0192. The second-order valence-electron chi connectivity index (χ2n) is 4.49. The first-order valence-corrected chi connectivity index (χ1v) is 7.07.